The predicted octanol–water partition coefficient (Wildman–Crippen LogP) is 4.99. The lowest BCUT2D eigenvalue weighted by atomic mass is 9.99. The van der Waals surface area contributed by atoms with Crippen molar-refractivity contribution in [3.63, 3.8) is 0 Å². The molecule has 0 bridgehead atoms. The van der Waals surface area contributed by atoms with Crippen LogP contribution in [0.25, 0.3) is 44.3 Å². The molecule has 3 N–H and O–H groups in total. The molecule has 0 radical (unpaired) electrons. The largest absolute Gasteiger partial charge is 0.490 e. The van der Waals surface area contributed by atoms with Crippen LogP contribution in [0.4, 0.5) is 17.6 Å². The molecule has 0 spiro atoms. The van der Waals surface area contributed by atoms with E-state index in [2.05, 4.69) is 25.3 Å². The number of nitrogens with one attached hydrogen (secondary N) is 2. The number of carbonyl (C=O) groups is 2. The van der Waals surface area contributed by atoms with E-state index in [1.165, 1.54) is 6.20 Å². The third-order valence-corrected chi connectivity index (χ3v) is 5.69. The van der Waals surface area contributed by atoms with E-state index in [4.69, 9.17) is 14.6 Å². The van der Waals surface area contributed by atoms with Gasteiger partial charge in [0.1, 0.15) is 11.5 Å². The van der Waals surface area contributed by atoms with Gasteiger partial charge in [0.25, 0.3) is 5.91 Å². The number of aliphatic carboxylic acids is 1. The molecule has 0 saturated heterocycles. The minimum atomic E-state index is -5.08. The molecular formula is C27H21F4N5O4. The van der Waals surface area contributed by atoms with Crippen LogP contribution in [-0.4, -0.2) is 63.4 Å². The van der Waals surface area contributed by atoms with Gasteiger partial charge < -0.3 is 20.1 Å². The highest BCUT2D eigenvalue weighted by atomic mass is 19.4. The van der Waals surface area contributed by atoms with Crippen LogP contribution < -0.4 is 5.32 Å². The fourth-order valence-electron chi connectivity index (χ4n) is 3.85. The van der Waals surface area contributed by atoms with Crippen molar-refractivity contribution >= 4 is 33.8 Å². The quantitative estimate of drug-likeness (QED) is 0.199. The van der Waals surface area contributed by atoms with E-state index in [-0.39, 0.29) is 5.91 Å². The van der Waals surface area contributed by atoms with Gasteiger partial charge in [-0.25, -0.2) is 14.2 Å². The molecule has 0 aliphatic heterocycles. The number of halogens is 4. The van der Waals surface area contributed by atoms with Crippen molar-refractivity contribution in [1.29, 1.82) is 0 Å². The molecule has 0 saturated carbocycles. The first kappa shape index (κ1) is 28.1. The van der Waals surface area contributed by atoms with E-state index in [9.17, 15) is 18.0 Å². The first-order chi connectivity index (χ1) is 19.1. The summed E-state index contributed by atoms with van der Waals surface area (Å²) in [6, 6.07) is 12.5. The van der Waals surface area contributed by atoms with Crippen molar-refractivity contribution in [2.75, 3.05) is 20.3 Å². The Kier molecular flexibility index (Phi) is 8.34. The Morgan fingerprint density at radius 3 is 2.40 bits per heavy atom. The van der Waals surface area contributed by atoms with Crippen molar-refractivity contribution in [2.24, 2.45) is 0 Å². The summed E-state index contributed by atoms with van der Waals surface area (Å²) >= 11 is 0. The smallest absolute Gasteiger partial charge is 0.475 e. The number of ether oxygens (including phenoxy) is 1. The number of amides is 1. The number of carboxylic acid groups (broad SMARTS) is 1. The molecule has 4 aromatic heterocycles. The third-order valence-electron chi connectivity index (χ3n) is 5.69. The zero-order chi connectivity index (χ0) is 28.9. The normalized spacial score (nSPS) is 11.2. The standard InChI is InChI=1S/C25H20FN5O2.C2HF3O2/c1-33-10-9-28-25(32)16-6-4-15(5-7-16)22-19(26)13-30-24-23(22)18-11-20(29-14-21(18)31-24)17-3-2-8-27-12-17;3-2(4,5)1(6)7/h2-8,11-14H,9-10H2,1H3,(H,28,32)(H,30,31);(H,6,7). The van der Waals surface area contributed by atoms with Crippen LogP contribution in [0.1, 0.15) is 10.4 Å². The monoisotopic (exact) mass is 555 g/mol. The van der Waals surface area contributed by atoms with Gasteiger partial charge in [-0.2, -0.15) is 13.2 Å². The summed E-state index contributed by atoms with van der Waals surface area (Å²) in [5, 5.41) is 11.4. The Balaban J connectivity index is 0.000000470. The topological polar surface area (TPSA) is 130 Å². The molecule has 206 valence electrons. The maximum atomic E-state index is 15.1. The number of nitrogens with zero attached hydrogens (tertiary/aromatic N) is 3. The predicted molar refractivity (Wildman–Crippen MR) is 138 cm³/mol. The second kappa shape index (κ2) is 11.9. The van der Waals surface area contributed by atoms with Crippen molar-refractivity contribution in [3.05, 3.63) is 78.6 Å². The fraction of sp³-hybridized carbons (Fsp3) is 0.148. The number of carboxylic acids is 1. The zero-order valence-electron chi connectivity index (χ0n) is 20.8. The van der Waals surface area contributed by atoms with Crippen LogP contribution in [0.15, 0.2) is 67.3 Å². The van der Waals surface area contributed by atoms with E-state index in [1.54, 1.807) is 50.0 Å². The molecular weight excluding hydrogens is 534 g/mol. The molecule has 1 aromatic carbocycles. The minimum Gasteiger partial charge on any atom is -0.475 e. The summed E-state index contributed by atoms with van der Waals surface area (Å²) in [6.45, 7) is 0.847. The molecule has 0 aliphatic rings. The van der Waals surface area contributed by atoms with Gasteiger partial charge in [0, 0.05) is 53.5 Å². The minimum absolute atomic E-state index is 0.210. The lowest BCUT2D eigenvalue weighted by Crippen LogP contribution is -2.26. The molecule has 0 atom stereocenters. The second-order valence-electron chi connectivity index (χ2n) is 8.32. The van der Waals surface area contributed by atoms with Gasteiger partial charge in [-0.05, 0) is 35.9 Å². The molecule has 1 amide bonds. The number of hydrogen-bond acceptors (Lipinski definition) is 6. The van der Waals surface area contributed by atoms with Gasteiger partial charge in [0.15, 0.2) is 0 Å². The highest BCUT2D eigenvalue weighted by Gasteiger charge is 2.38. The number of aromatic amines is 1. The average Bonchev–Trinajstić information content (AvgIpc) is 3.31. The molecule has 5 aromatic rings. The van der Waals surface area contributed by atoms with Crippen molar-refractivity contribution in [3.8, 4) is 22.4 Å². The molecule has 4 heterocycles. The summed E-state index contributed by atoms with van der Waals surface area (Å²) in [7, 11) is 1.57. The Bertz CT molecular complexity index is 1660. The van der Waals surface area contributed by atoms with Crippen LogP contribution in [0.5, 0.6) is 0 Å². The number of carbonyl (C=O) groups excluding carboxylic acids is 1. The number of aromatic nitrogens is 4. The number of H-pyrrole nitrogens is 1. The number of rotatable bonds is 6. The summed E-state index contributed by atoms with van der Waals surface area (Å²) < 4.78 is 51.8. The van der Waals surface area contributed by atoms with Gasteiger partial charge in [0.2, 0.25) is 0 Å². The van der Waals surface area contributed by atoms with Gasteiger partial charge in [-0.3, -0.25) is 14.8 Å². The summed E-state index contributed by atoms with van der Waals surface area (Å²) in [6.07, 6.45) is 1.27. The number of alkyl halides is 3. The van der Waals surface area contributed by atoms with Crippen molar-refractivity contribution in [1.82, 2.24) is 25.3 Å². The van der Waals surface area contributed by atoms with Crippen LogP contribution in [0, 0.1) is 5.82 Å². The zero-order valence-corrected chi connectivity index (χ0v) is 20.8. The molecule has 0 unspecified atom stereocenters. The number of methoxy groups -OCH3 is 1. The maximum absolute atomic E-state index is 15.1. The molecule has 0 aliphatic carbocycles. The van der Waals surface area contributed by atoms with Gasteiger partial charge in [0.05, 0.1) is 30.2 Å². The molecule has 9 nitrogen and oxygen atoms in total. The molecule has 40 heavy (non-hydrogen) atoms. The van der Waals surface area contributed by atoms with E-state index in [0.29, 0.717) is 40.9 Å². The Morgan fingerprint density at radius 1 is 1.05 bits per heavy atom. The second-order valence-corrected chi connectivity index (χ2v) is 8.32. The Labute approximate surface area is 223 Å². The number of fused-ring (bicyclic) bond motifs is 3. The summed E-state index contributed by atoms with van der Waals surface area (Å²) in [4.78, 5) is 37.3. The summed E-state index contributed by atoms with van der Waals surface area (Å²) in [5.41, 5.74) is 4.47. The number of benzene rings is 1. The van der Waals surface area contributed by atoms with Crippen molar-refractivity contribution in [2.45, 2.75) is 6.18 Å². The SMILES string of the molecule is COCCNC(=O)c1ccc(-c2c(F)cnc3[nH]c4cnc(-c5cccnc5)cc4c23)cc1.O=C(O)C(F)(F)F. The number of pyridine rings is 3. The van der Waals surface area contributed by atoms with Gasteiger partial charge in [-0.15, -0.1) is 0 Å². The van der Waals surface area contributed by atoms with Crippen LogP contribution in [-0.2, 0) is 9.53 Å². The van der Waals surface area contributed by atoms with Crippen LogP contribution in [0.3, 0.4) is 0 Å². The van der Waals surface area contributed by atoms with E-state index in [1.807, 2.05) is 18.2 Å². The molecule has 0 fully saturated rings. The van der Waals surface area contributed by atoms with Crippen LogP contribution in [0.2, 0.25) is 0 Å². The first-order valence-electron chi connectivity index (χ1n) is 11.6. The highest BCUT2D eigenvalue weighted by molar-refractivity contribution is 6.13. The van der Waals surface area contributed by atoms with Crippen LogP contribution >= 0.6 is 0 Å². The average molecular weight is 555 g/mol. The highest BCUT2D eigenvalue weighted by Crippen LogP contribution is 2.36. The molecule has 13 heteroatoms. The first-order valence-corrected chi connectivity index (χ1v) is 11.6. The van der Waals surface area contributed by atoms with E-state index in [0.717, 1.165) is 22.2 Å². The van der Waals surface area contributed by atoms with E-state index >= 15 is 4.39 Å². The molecule has 5 rings (SSSR count). The Hall–Kier alpha value is -4.91. The van der Waals surface area contributed by atoms with Gasteiger partial charge >= 0.3 is 12.1 Å². The maximum Gasteiger partial charge on any atom is 0.490 e. The fourth-order valence-corrected chi connectivity index (χ4v) is 3.85. The lowest BCUT2D eigenvalue weighted by Gasteiger charge is -2.08. The van der Waals surface area contributed by atoms with Gasteiger partial charge in [-0.1, -0.05) is 12.1 Å². The Morgan fingerprint density at radius 2 is 1.77 bits per heavy atom. The lowest BCUT2D eigenvalue weighted by molar-refractivity contribution is -0.192. The third kappa shape index (κ3) is 6.21. The van der Waals surface area contributed by atoms with E-state index < -0.39 is 18.0 Å². The number of hydrogen-bond donors (Lipinski definition) is 3. The summed E-state index contributed by atoms with van der Waals surface area (Å²) in [5.74, 6) is -3.41. The van der Waals surface area contributed by atoms with Crippen molar-refractivity contribution < 1.29 is 37.0 Å².